The van der Waals surface area contributed by atoms with Crippen molar-refractivity contribution in [3.05, 3.63) is 22.4 Å². The molecule has 1 rings (SSSR count). The SMILES string of the molecule is CCCCCCCCCCCCCCCC(=O)N(CCCC[NH3+])CC(=O)N(CC(N)=O)Cc1cccs1. The molecular formula is C29H53N4O3S+. The van der Waals surface area contributed by atoms with Crippen molar-refractivity contribution >= 4 is 29.1 Å². The molecule has 0 aromatic carbocycles. The summed E-state index contributed by atoms with van der Waals surface area (Å²) in [5.74, 6) is -0.761. The zero-order valence-electron chi connectivity index (χ0n) is 23.4. The second-order valence-electron chi connectivity index (χ2n) is 10.2. The molecule has 0 saturated heterocycles. The van der Waals surface area contributed by atoms with Crippen molar-refractivity contribution < 1.29 is 20.1 Å². The predicted octanol–water partition coefficient (Wildman–Crippen LogP) is 4.89. The molecule has 0 unspecified atom stereocenters. The van der Waals surface area contributed by atoms with E-state index in [4.69, 9.17) is 5.73 Å². The van der Waals surface area contributed by atoms with Gasteiger partial charge < -0.3 is 21.3 Å². The van der Waals surface area contributed by atoms with E-state index < -0.39 is 5.91 Å². The number of hydrogen-bond acceptors (Lipinski definition) is 4. The zero-order valence-corrected chi connectivity index (χ0v) is 24.2. The van der Waals surface area contributed by atoms with Crippen molar-refractivity contribution in [3.63, 3.8) is 0 Å². The molecule has 0 aliphatic rings. The summed E-state index contributed by atoms with van der Waals surface area (Å²) in [7, 11) is 0. The van der Waals surface area contributed by atoms with Gasteiger partial charge in [0, 0.05) is 17.8 Å². The molecule has 0 bridgehead atoms. The number of unbranched alkanes of at least 4 members (excludes halogenated alkanes) is 13. The number of hydrogen-bond donors (Lipinski definition) is 2. The lowest BCUT2D eigenvalue weighted by Crippen LogP contribution is -2.50. The van der Waals surface area contributed by atoms with Crippen LogP contribution in [-0.4, -0.2) is 53.7 Å². The van der Waals surface area contributed by atoms with E-state index in [0.29, 0.717) is 19.5 Å². The summed E-state index contributed by atoms with van der Waals surface area (Å²) >= 11 is 1.53. The molecule has 0 fully saturated rings. The number of amides is 3. The average molecular weight is 538 g/mol. The fraction of sp³-hybridized carbons (Fsp3) is 0.759. The number of rotatable bonds is 24. The molecular weight excluding hydrogens is 484 g/mol. The molecule has 0 saturated carbocycles. The molecule has 0 aliphatic carbocycles. The molecule has 37 heavy (non-hydrogen) atoms. The first kappa shape index (κ1) is 33.1. The van der Waals surface area contributed by atoms with Gasteiger partial charge in [-0.15, -0.1) is 11.3 Å². The van der Waals surface area contributed by atoms with Crippen LogP contribution in [0.1, 0.15) is 115 Å². The molecule has 0 spiro atoms. The van der Waals surface area contributed by atoms with Crippen LogP contribution in [-0.2, 0) is 20.9 Å². The summed E-state index contributed by atoms with van der Waals surface area (Å²) in [6, 6.07) is 3.84. The van der Waals surface area contributed by atoms with E-state index in [0.717, 1.165) is 43.5 Å². The Hall–Kier alpha value is -1.93. The molecule has 5 N–H and O–H groups in total. The highest BCUT2D eigenvalue weighted by Gasteiger charge is 2.22. The van der Waals surface area contributed by atoms with Gasteiger partial charge in [-0.25, -0.2) is 0 Å². The third-order valence-corrected chi connectivity index (χ3v) is 7.59. The van der Waals surface area contributed by atoms with Gasteiger partial charge in [0.05, 0.1) is 26.2 Å². The Balaban J connectivity index is 2.36. The van der Waals surface area contributed by atoms with Crippen molar-refractivity contribution in [2.75, 3.05) is 26.2 Å². The smallest absolute Gasteiger partial charge is 0.242 e. The Morgan fingerprint density at radius 1 is 0.784 bits per heavy atom. The van der Waals surface area contributed by atoms with Crippen LogP contribution in [0.15, 0.2) is 17.5 Å². The van der Waals surface area contributed by atoms with E-state index in [9.17, 15) is 14.4 Å². The summed E-state index contributed by atoms with van der Waals surface area (Å²) in [6.45, 7) is 3.79. The summed E-state index contributed by atoms with van der Waals surface area (Å²) in [4.78, 5) is 41.7. The van der Waals surface area contributed by atoms with Gasteiger partial charge in [0.2, 0.25) is 17.7 Å². The van der Waals surface area contributed by atoms with Crippen LogP contribution in [0.5, 0.6) is 0 Å². The topological polar surface area (TPSA) is 111 Å². The molecule has 1 aromatic rings. The second-order valence-corrected chi connectivity index (χ2v) is 11.2. The maximum Gasteiger partial charge on any atom is 0.242 e. The van der Waals surface area contributed by atoms with Gasteiger partial charge in [0.1, 0.15) is 0 Å². The highest BCUT2D eigenvalue weighted by Crippen LogP contribution is 2.15. The Morgan fingerprint density at radius 3 is 1.89 bits per heavy atom. The van der Waals surface area contributed by atoms with Crippen LogP contribution in [0, 0.1) is 0 Å². The second kappa shape index (κ2) is 22.1. The quantitative estimate of drug-likeness (QED) is 0.183. The third kappa shape index (κ3) is 17.3. The molecule has 1 aromatic heterocycles. The molecule has 8 heteroatoms. The van der Waals surface area contributed by atoms with Crippen LogP contribution in [0.3, 0.4) is 0 Å². The number of carbonyl (C=O) groups excluding carboxylic acids is 3. The summed E-state index contributed by atoms with van der Waals surface area (Å²) in [5.41, 5.74) is 9.27. The largest absolute Gasteiger partial charge is 0.368 e. The first-order valence-electron chi connectivity index (χ1n) is 14.6. The Kier molecular flexibility index (Phi) is 19.8. The number of carbonyl (C=O) groups is 3. The number of primary amides is 1. The van der Waals surface area contributed by atoms with E-state index >= 15 is 0 Å². The minimum absolute atomic E-state index is 0.00687. The van der Waals surface area contributed by atoms with Gasteiger partial charge in [0.25, 0.3) is 0 Å². The normalized spacial score (nSPS) is 11.0. The Morgan fingerprint density at radius 2 is 1.38 bits per heavy atom. The van der Waals surface area contributed by atoms with Gasteiger partial charge in [-0.1, -0.05) is 90.0 Å². The van der Waals surface area contributed by atoms with Gasteiger partial charge in [-0.3, -0.25) is 14.4 Å². The van der Waals surface area contributed by atoms with Crippen LogP contribution in [0.25, 0.3) is 0 Å². The van der Waals surface area contributed by atoms with Crippen LogP contribution < -0.4 is 11.5 Å². The Bertz CT molecular complexity index is 727. The summed E-state index contributed by atoms with van der Waals surface area (Å²) < 4.78 is 0. The maximum atomic E-state index is 13.1. The van der Waals surface area contributed by atoms with Gasteiger partial charge >= 0.3 is 0 Å². The average Bonchev–Trinajstić information content (AvgIpc) is 3.38. The molecule has 7 nitrogen and oxygen atoms in total. The van der Waals surface area contributed by atoms with Crippen molar-refractivity contribution in [3.8, 4) is 0 Å². The lowest BCUT2D eigenvalue weighted by molar-refractivity contribution is -0.368. The molecule has 212 valence electrons. The number of quaternary nitrogens is 1. The van der Waals surface area contributed by atoms with E-state index in [2.05, 4.69) is 12.7 Å². The van der Waals surface area contributed by atoms with Crippen molar-refractivity contribution in [2.24, 2.45) is 5.73 Å². The molecule has 1 heterocycles. The lowest BCUT2D eigenvalue weighted by Gasteiger charge is -2.27. The fourth-order valence-electron chi connectivity index (χ4n) is 4.50. The van der Waals surface area contributed by atoms with Gasteiger partial charge in [-0.05, 0) is 30.7 Å². The lowest BCUT2D eigenvalue weighted by atomic mass is 10.0. The number of nitrogens with two attached hydrogens (primary N) is 1. The van der Waals surface area contributed by atoms with Crippen molar-refractivity contribution in [1.82, 2.24) is 9.80 Å². The zero-order chi connectivity index (χ0) is 27.1. The summed E-state index contributed by atoms with van der Waals surface area (Å²) in [6.07, 6.45) is 18.7. The predicted molar refractivity (Wildman–Crippen MR) is 153 cm³/mol. The monoisotopic (exact) mass is 537 g/mol. The first-order chi connectivity index (χ1) is 18.0. The molecule has 3 amide bonds. The summed E-state index contributed by atoms with van der Waals surface area (Å²) in [5, 5.41) is 1.94. The van der Waals surface area contributed by atoms with Crippen molar-refractivity contribution in [1.29, 1.82) is 0 Å². The standard InChI is InChI=1S/C29H52N4O3S/c1-2-3-4-5-6-7-8-9-10-11-12-13-14-19-28(35)32(21-16-15-20-30)25-29(36)33(24-27(31)34)23-26-18-17-22-37-26/h17-18,22H,2-16,19-21,23-25,30H2,1H3,(H2,31,34)/p+1. The van der Waals surface area contributed by atoms with E-state index in [1.165, 1.54) is 80.4 Å². The number of thiophene rings is 1. The van der Waals surface area contributed by atoms with Crippen LogP contribution in [0.2, 0.25) is 0 Å². The van der Waals surface area contributed by atoms with Crippen LogP contribution in [0.4, 0.5) is 0 Å². The molecule has 0 atom stereocenters. The minimum Gasteiger partial charge on any atom is -0.368 e. The molecule has 0 radical (unpaired) electrons. The maximum absolute atomic E-state index is 13.1. The Labute approximate surface area is 229 Å². The van der Waals surface area contributed by atoms with E-state index in [1.54, 1.807) is 4.90 Å². The first-order valence-corrected chi connectivity index (χ1v) is 15.5. The molecule has 0 aliphatic heterocycles. The number of nitrogens with zero attached hydrogens (tertiary/aromatic N) is 2. The highest BCUT2D eigenvalue weighted by molar-refractivity contribution is 7.09. The van der Waals surface area contributed by atoms with Gasteiger partial charge in [0.15, 0.2) is 0 Å². The highest BCUT2D eigenvalue weighted by atomic mass is 32.1. The minimum atomic E-state index is -0.549. The van der Waals surface area contributed by atoms with Crippen LogP contribution >= 0.6 is 11.3 Å². The van der Waals surface area contributed by atoms with Crippen molar-refractivity contribution in [2.45, 2.75) is 116 Å². The third-order valence-electron chi connectivity index (χ3n) is 6.73. The fourth-order valence-corrected chi connectivity index (χ4v) is 5.22. The van der Waals surface area contributed by atoms with E-state index in [1.807, 2.05) is 17.5 Å². The van der Waals surface area contributed by atoms with E-state index in [-0.39, 0.29) is 24.9 Å². The van der Waals surface area contributed by atoms with Gasteiger partial charge in [-0.2, -0.15) is 0 Å².